The average Bonchev–Trinajstić information content (AvgIpc) is 3.39. The Bertz CT molecular complexity index is 1040. The number of rotatable bonds is 9. The first-order chi connectivity index (χ1) is 16.6. The molecule has 3 heterocycles. The lowest BCUT2D eigenvalue weighted by atomic mass is 9.70. The summed E-state index contributed by atoms with van der Waals surface area (Å²) in [7, 11) is 0. The summed E-state index contributed by atoms with van der Waals surface area (Å²) in [5.41, 5.74) is -0.880. The van der Waals surface area contributed by atoms with Crippen molar-refractivity contribution >= 4 is 51.0 Å². The molecule has 4 rings (SSSR count). The van der Waals surface area contributed by atoms with Crippen LogP contribution >= 0.6 is 27.5 Å². The number of alkyl halides is 1. The Labute approximate surface area is 218 Å². The molecule has 3 aliphatic rings. The van der Waals surface area contributed by atoms with Gasteiger partial charge in [0.05, 0.1) is 41.3 Å². The number of para-hydroxylation sites is 1. The summed E-state index contributed by atoms with van der Waals surface area (Å²) in [6.07, 6.45) is 1.58. The van der Waals surface area contributed by atoms with Crippen molar-refractivity contribution in [3.63, 3.8) is 0 Å². The second-order valence-corrected chi connectivity index (χ2v) is 11.5. The lowest BCUT2D eigenvalue weighted by molar-refractivity contribution is -0.151. The van der Waals surface area contributed by atoms with Gasteiger partial charge in [-0.1, -0.05) is 59.6 Å². The monoisotopic (exact) mass is 568 g/mol. The number of nitrogens with zero attached hydrogens (tertiary/aromatic N) is 2. The van der Waals surface area contributed by atoms with Gasteiger partial charge in [-0.15, -0.1) is 6.58 Å². The van der Waals surface area contributed by atoms with Crippen molar-refractivity contribution < 1.29 is 29.3 Å². The molecule has 3 unspecified atom stereocenters. The van der Waals surface area contributed by atoms with Gasteiger partial charge in [0.1, 0.15) is 11.6 Å². The third kappa shape index (κ3) is 4.10. The third-order valence-corrected chi connectivity index (χ3v) is 8.48. The summed E-state index contributed by atoms with van der Waals surface area (Å²) in [6.45, 7) is 7.46. The smallest absolute Gasteiger partial charge is 0.310 e. The van der Waals surface area contributed by atoms with Gasteiger partial charge in [0, 0.05) is 11.4 Å². The van der Waals surface area contributed by atoms with Gasteiger partial charge in [0.15, 0.2) is 0 Å². The lowest BCUT2D eigenvalue weighted by Crippen LogP contribution is -2.59. The van der Waals surface area contributed by atoms with E-state index in [0.717, 1.165) is 0 Å². The SMILES string of the molecule is C=CCN(C(=O)C1N([C@@H](CO)CC(C)C)C(=O)[C@@H]2[C@H](C(=O)O)[C@H]3OC12CC3Br)c1ccccc1Cl. The van der Waals surface area contributed by atoms with Gasteiger partial charge in [0.2, 0.25) is 5.91 Å². The quantitative estimate of drug-likeness (QED) is 0.350. The van der Waals surface area contributed by atoms with Gasteiger partial charge in [-0.2, -0.15) is 0 Å². The van der Waals surface area contributed by atoms with Crippen molar-refractivity contribution in [1.29, 1.82) is 0 Å². The average molecular weight is 570 g/mol. The van der Waals surface area contributed by atoms with Crippen LogP contribution in [0, 0.1) is 17.8 Å². The minimum absolute atomic E-state index is 0.123. The number of aliphatic hydroxyl groups excluding tert-OH is 1. The minimum Gasteiger partial charge on any atom is -0.481 e. The maximum atomic E-state index is 14.4. The fraction of sp³-hybridized carbons (Fsp3) is 0.560. The first kappa shape index (κ1) is 26.1. The van der Waals surface area contributed by atoms with E-state index in [1.165, 1.54) is 9.80 Å². The molecule has 7 atom stereocenters. The number of likely N-dealkylation sites (tertiary alicyclic amines) is 1. The standard InChI is InChI=1S/C25H30BrClN2O6/c1-4-9-28(17-8-6-5-7-16(17)27)23(32)21-25-11-15(26)20(35-25)18(24(33)34)19(25)22(31)29(21)14(12-30)10-13(2)3/h4-8,13-15,18-21,30H,1,9-12H2,2-3H3,(H,33,34)/t14-,15?,18+,19+,20+,21?,25?/m1/s1. The zero-order chi connectivity index (χ0) is 25.7. The Hall–Kier alpha value is -1.94. The molecule has 35 heavy (non-hydrogen) atoms. The van der Waals surface area contributed by atoms with Crippen molar-refractivity contribution in [3.8, 4) is 0 Å². The first-order valence-electron chi connectivity index (χ1n) is 11.7. The highest BCUT2D eigenvalue weighted by Crippen LogP contribution is 2.60. The third-order valence-electron chi connectivity index (χ3n) is 7.31. The van der Waals surface area contributed by atoms with Crippen molar-refractivity contribution in [1.82, 2.24) is 4.90 Å². The van der Waals surface area contributed by atoms with E-state index >= 15 is 0 Å². The minimum atomic E-state index is -1.33. The van der Waals surface area contributed by atoms with Gasteiger partial charge in [-0.25, -0.2) is 0 Å². The Morgan fingerprint density at radius 3 is 2.66 bits per heavy atom. The number of carbonyl (C=O) groups excluding carboxylic acids is 2. The highest BCUT2D eigenvalue weighted by Gasteiger charge is 2.77. The maximum absolute atomic E-state index is 14.4. The molecule has 0 aliphatic carbocycles. The topological polar surface area (TPSA) is 107 Å². The molecule has 8 nitrogen and oxygen atoms in total. The van der Waals surface area contributed by atoms with Crippen LogP contribution in [0.4, 0.5) is 5.69 Å². The number of aliphatic hydroxyl groups is 1. The van der Waals surface area contributed by atoms with E-state index in [0.29, 0.717) is 23.6 Å². The highest BCUT2D eigenvalue weighted by molar-refractivity contribution is 9.09. The Morgan fingerprint density at radius 1 is 1.40 bits per heavy atom. The van der Waals surface area contributed by atoms with E-state index in [9.17, 15) is 24.6 Å². The number of carboxylic acid groups (broad SMARTS) is 1. The van der Waals surface area contributed by atoms with Crippen LogP contribution < -0.4 is 4.90 Å². The van der Waals surface area contributed by atoms with E-state index in [4.69, 9.17) is 16.3 Å². The van der Waals surface area contributed by atoms with Crippen molar-refractivity contribution in [2.45, 2.75) is 55.3 Å². The number of carbonyl (C=O) groups is 3. The maximum Gasteiger partial charge on any atom is 0.310 e. The van der Waals surface area contributed by atoms with E-state index < -0.39 is 53.4 Å². The molecule has 1 aromatic carbocycles. The molecule has 1 spiro atoms. The summed E-state index contributed by atoms with van der Waals surface area (Å²) < 4.78 is 6.32. The summed E-state index contributed by atoms with van der Waals surface area (Å²) in [5, 5.41) is 20.7. The van der Waals surface area contributed by atoms with Crippen molar-refractivity contribution in [2.75, 3.05) is 18.1 Å². The molecule has 3 aliphatic heterocycles. The van der Waals surface area contributed by atoms with E-state index in [2.05, 4.69) is 22.5 Å². The summed E-state index contributed by atoms with van der Waals surface area (Å²) >= 11 is 9.98. The molecule has 2 amide bonds. The Balaban J connectivity index is 1.87. The van der Waals surface area contributed by atoms with Crippen LogP contribution in [-0.2, 0) is 19.1 Å². The van der Waals surface area contributed by atoms with Gasteiger partial charge < -0.3 is 24.7 Å². The fourth-order valence-corrected chi connectivity index (χ4v) is 7.28. The van der Waals surface area contributed by atoms with E-state index in [1.54, 1.807) is 30.3 Å². The van der Waals surface area contributed by atoms with Crippen LogP contribution in [0.1, 0.15) is 26.7 Å². The molecule has 2 bridgehead atoms. The second kappa shape index (κ2) is 9.84. The van der Waals surface area contributed by atoms with Crippen LogP contribution in [0.25, 0.3) is 0 Å². The number of benzene rings is 1. The number of amides is 2. The largest absolute Gasteiger partial charge is 0.481 e. The Kier molecular flexibility index (Phi) is 7.35. The normalized spacial score (nSPS) is 32.1. The van der Waals surface area contributed by atoms with E-state index in [1.807, 2.05) is 13.8 Å². The predicted octanol–water partition coefficient (Wildman–Crippen LogP) is 3.10. The van der Waals surface area contributed by atoms with Gasteiger partial charge >= 0.3 is 5.97 Å². The number of anilines is 1. The van der Waals surface area contributed by atoms with Gasteiger partial charge in [-0.05, 0) is 30.9 Å². The fourth-order valence-electron chi connectivity index (χ4n) is 6.10. The van der Waals surface area contributed by atoms with Crippen LogP contribution in [0.2, 0.25) is 5.02 Å². The van der Waals surface area contributed by atoms with Crippen molar-refractivity contribution in [2.24, 2.45) is 17.8 Å². The number of hydrogen-bond donors (Lipinski definition) is 2. The molecule has 190 valence electrons. The Morgan fingerprint density at radius 2 is 2.09 bits per heavy atom. The molecule has 0 radical (unpaired) electrons. The van der Waals surface area contributed by atoms with Crippen molar-refractivity contribution in [3.05, 3.63) is 41.9 Å². The lowest BCUT2D eigenvalue weighted by Gasteiger charge is -2.40. The molecular formula is C25H30BrClN2O6. The van der Waals surface area contributed by atoms with Crippen LogP contribution in [0.5, 0.6) is 0 Å². The number of ether oxygens (including phenoxy) is 1. The number of fused-ring (bicyclic) bond motifs is 1. The molecule has 0 saturated carbocycles. The number of hydrogen-bond acceptors (Lipinski definition) is 5. The molecule has 3 fully saturated rings. The molecule has 10 heteroatoms. The predicted molar refractivity (Wildman–Crippen MR) is 135 cm³/mol. The number of aliphatic carboxylic acids is 1. The zero-order valence-corrected chi connectivity index (χ0v) is 22.0. The summed E-state index contributed by atoms with van der Waals surface area (Å²) in [4.78, 5) is 43.1. The van der Waals surface area contributed by atoms with Gasteiger partial charge in [0.25, 0.3) is 5.91 Å². The van der Waals surface area contributed by atoms with E-state index in [-0.39, 0.29) is 23.9 Å². The molecular weight excluding hydrogens is 540 g/mol. The zero-order valence-electron chi connectivity index (χ0n) is 19.6. The highest BCUT2D eigenvalue weighted by atomic mass is 79.9. The van der Waals surface area contributed by atoms with Crippen LogP contribution in [-0.4, -0.2) is 74.7 Å². The first-order valence-corrected chi connectivity index (χ1v) is 13.0. The molecule has 0 aromatic heterocycles. The second-order valence-electron chi connectivity index (χ2n) is 9.90. The van der Waals surface area contributed by atoms with Gasteiger partial charge in [-0.3, -0.25) is 14.4 Å². The summed E-state index contributed by atoms with van der Waals surface area (Å²) in [6, 6.07) is 5.09. The molecule has 2 N–H and O–H groups in total. The number of halogens is 2. The molecule has 1 aromatic rings. The summed E-state index contributed by atoms with van der Waals surface area (Å²) in [5.74, 6) is -4.03. The molecule has 3 saturated heterocycles. The number of carboxylic acids is 1. The van der Waals surface area contributed by atoms with Crippen LogP contribution in [0.15, 0.2) is 36.9 Å². The van der Waals surface area contributed by atoms with Crippen LogP contribution in [0.3, 0.4) is 0 Å².